The van der Waals surface area contributed by atoms with Crippen LogP contribution in [-0.4, -0.2) is 29.7 Å². The number of thioether (sulfide) groups is 1. The van der Waals surface area contributed by atoms with E-state index in [1.807, 2.05) is 45.2 Å². The molecule has 0 aliphatic rings. The normalized spacial score (nSPS) is 11.7. The summed E-state index contributed by atoms with van der Waals surface area (Å²) in [6.45, 7) is 5.66. The summed E-state index contributed by atoms with van der Waals surface area (Å²) in [5.74, 6) is -0.889. The van der Waals surface area contributed by atoms with Crippen molar-refractivity contribution in [1.82, 2.24) is 10.3 Å². The Bertz CT molecular complexity index is 777. The molecule has 1 aromatic heterocycles. The van der Waals surface area contributed by atoms with Gasteiger partial charge in [0.15, 0.2) is 6.61 Å². The highest BCUT2D eigenvalue weighted by molar-refractivity contribution is 7.98. The van der Waals surface area contributed by atoms with Crippen LogP contribution in [0.2, 0.25) is 0 Å². The molecule has 1 amide bonds. The lowest BCUT2D eigenvalue weighted by Gasteiger charge is -2.16. The molecule has 2 rings (SSSR count). The Labute approximate surface area is 152 Å². The molecule has 1 aromatic carbocycles. The van der Waals surface area contributed by atoms with Crippen LogP contribution >= 0.6 is 11.8 Å². The zero-order valence-electron chi connectivity index (χ0n) is 14.8. The number of hydrogen-bond acceptors (Lipinski definition) is 5. The van der Waals surface area contributed by atoms with Crippen LogP contribution in [0.3, 0.4) is 0 Å². The molecule has 6 heteroatoms. The van der Waals surface area contributed by atoms with Crippen molar-refractivity contribution in [1.29, 1.82) is 0 Å². The van der Waals surface area contributed by atoms with Crippen molar-refractivity contribution in [2.75, 3.05) is 12.9 Å². The monoisotopic (exact) mass is 358 g/mol. The van der Waals surface area contributed by atoms with Gasteiger partial charge in [0.05, 0.1) is 11.6 Å². The second kappa shape index (κ2) is 8.67. The number of esters is 1. The minimum Gasteiger partial charge on any atom is -0.452 e. The van der Waals surface area contributed by atoms with Crippen LogP contribution in [0.15, 0.2) is 41.6 Å². The molecule has 25 heavy (non-hydrogen) atoms. The van der Waals surface area contributed by atoms with Gasteiger partial charge in [0.1, 0.15) is 5.03 Å². The van der Waals surface area contributed by atoms with E-state index in [9.17, 15) is 9.59 Å². The van der Waals surface area contributed by atoms with Crippen LogP contribution in [0, 0.1) is 13.8 Å². The van der Waals surface area contributed by atoms with Gasteiger partial charge in [0, 0.05) is 6.20 Å². The molecule has 0 fully saturated rings. The molecule has 0 aliphatic carbocycles. The SMILES string of the molecule is CSc1ncccc1C(=O)OCC(=O)N[C@@H](C)c1ccc(C)c(C)c1. The van der Waals surface area contributed by atoms with Gasteiger partial charge in [0.25, 0.3) is 5.91 Å². The van der Waals surface area contributed by atoms with Crippen molar-refractivity contribution >= 4 is 23.6 Å². The number of aromatic nitrogens is 1. The highest BCUT2D eigenvalue weighted by Gasteiger charge is 2.16. The average Bonchev–Trinajstić information content (AvgIpc) is 2.61. The first-order valence-corrected chi connectivity index (χ1v) is 9.17. The fraction of sp³-hybridized carbons (Fsp3) is 0.316. The van der Waals surface area contributed by atoms with Gasteiger partial charge in [-0.1, -0.05) is 18.2 Å². The van der Waals surface area contributed by atoms with E-state index in [0.29, 0.717) is 10.6 Å². The molecule has 1 atom stereocenters. The average molecular weight is 358 g/mol. The van der Waals surface area contributed by atoms with Gasteiger partial charge >= 0.3 is 5.97 Å². The number of nitrogens with zero attached hydrogens (tertiary/aromatic N) is 1. The molecule has 0 saturated heterocycles. The number of aryl methyl sites for hydroxylation is 2. The van der Waals surface area contributed by atoms with E-state index in [4.69, 9.17) is 4.74 Å². The maximum Gasteiger partial charge on any atom is 0.341 e. The Kier molecular flexibility index (Phi) is 6.58. The van der Waals surface area contributed by atoms with Crippen LogP contribution in [0.4, 0.5) is 0 Å². The maximum atomic E-state index is 12.1. The first kappa shape index (κ1) is 19.0. The summed E-state index contributed by atoms with van der Waals surface area (Å²) >= 11 is 1.36. The van der Waals surface area contributed by atoms with Gasteiger partial charge in [-0.25, -0.2) is 9.78 Å². The fourth-order valence-electron chi connectivity index (χ4n) is 2.32. The predicted octanol–water partition coefficient (Wildman–Crippen LogP) is 3.45. The van der Waals surface area contributed by atoms with Crippen molar-refractivity contribution in [2.45, 2.75) is 31.8 Å². The first-order valence-electron chi connectivity index (χ1n) is 7.95. The third kappa shape index (κ3) is 5.06. The fourth-order valence-corrected chi connectivity index (χ4v) is 2.86. The molecule has 0 aliphatic heterocycles. The summed E-state index contributed by atoms with van der Waals surface area (Å²) in [6, 6.07) is 9.20. The summed E-state index contributed by atoms with van der Waals surface area (Å²) in [5, 5.41) is 3.42. The minimum atomic E-state index is -0.550. The van der Waals surface area contributed by atoms with Gasteiger partial charge < -0.3 is 10.1 Å². The Balaban J connectivity index is 1.91. The zero-order chi connectivity index (χ0) is 18.4. The van der Waals surface area contributed by atoms with Crippen LogP contribution in [0.5, 0.6) is 0 Å². The van der Waals surface area contributed by atoms with Crippen LogP contribution in [0.1, 0.15) is 40.0 Å². The smallest absolute Gasteiger partial charge is 0.341 e. The predicted molar refractivity (Wildman–Crippen MR) is 98.8 cm³/mol. The zero-order valence-corrected chi connectivity index (χ0v) is 15.6. The molecule has 2 aromatic rings. The van der Waals surface area contributed by atoms with Gasteiger partial charge in [-0.15, -0.1) is 11.8 Å². The van der Waals surface area contributed by atoms with E-state index < -0.39 is 5.97 Å². The van der Waals surface area contributed by atoms with E-state index in [1.54, 1.807) is 18.3 Å². The number of rotatable bonds is 6. The number of carbonyl (C=O) groups excluding carboxylic acids is 2. The number of benzene rings is 1. The molecule has 0 bridgehead atoms. The van der Waals surface area contributed by atoms with Crippen molar-refractivity contribution in [3.8, 4) is 0 Å². The molecule has 0 saturated carbocycles. The molecule has 5 nitrogen and oxygen atoms in total. The van der Waals surface area contributed by atoms with Gasteiger partial charge in [-0.05, 0) is 55.9 Å². The molecule has 0 spiro atoms. The number of nitrogens with one attached hydrogen (secondary N) is 1. The summed E-state index contributed by atoms with van der Waals surface area (Å²) in [5.41, 5.74) is 3.76. The largest absolute Gasteiger partial charge is 0.452 e. The summed E-state index contributed by atoms with van der Waals surface area (Å²) in [4.78, 5) is 28.3. The summed E-state index contributed by atoms with van der Waals surface area (Å²) in [7, 11) is 0. The van der Waals surface area contributed by atoms with Crippen LogP contribution in [0.25, 0.3) is 0 Å². The highest BCUT2D eigenvalue weighted by Crippen LogP contribution is 2.18. The van der Waals surface area contributed by atoms with E-state index in [0.717, 1.165) is 5.56 Å². The Morgan fingerprint density at radius 1 is 1.24 bits per heavy atom. The van der Waals surface area contributed by atoms with E-state index in [1.165, 1.54) is 22.9 Å². The summed E-state index contributed by atoms with van der Waals surface area (Å²) < 4.78 is 5.11. The van der Waals surface area contributed by atoms with Crippen molar-refractivity contribution in [3.05, 3.63) is 58.8 Å². The Hall–Kier alpha value is -2.34. The molecule has 0 unspecified atom stereocenters. The molecule has 1 N–H and O–H groups in total. The minimum absolute atomic E-state index is 0.161. The molecular formula is C19H22N2O3S. The van der Waals surface area contributed by atoms with E-state index >= 15 is 0 Å². The quantitative estimate of drug-likeness (QED) is 0.633. The number of pyridine rings is 1. The first-order chi connectivity index (χ1) is 11.9. The lowest BCUT2D eigenvalue weighted by Crippen LogP contribution is -2.31. The number of carbonyl (C=O) groups is 2. The van der Waals surface area contributed by atoms with Crippen molar-refractivity contribution in [2.24, 2.45) is 0 Å². The van der Waals surface area contributed by atoms with E-state index in [-0.39, 0.29) is 18.6 Å². The van der Waals surface area contributed by atoms with Crippen molar-refractivity contribution < 1.29 is 14.3 Å². The summed E-state index contributed by atoms with van der Waals surface area (Å²) in [6.07, 6.45) is 3.44. The van der Waals surface area contributed by atoms with Gasteiger partial charge in [0.2, 0.25) is 0 Å². The molecule has 1 heterocycles. The van der Waals surface area contributed by atoms with Crippen LogP contribution in [-0.2, 0) is 9.53 Å². The second-order valence-electron chi connectivity index (χ2n) is 5.77. The van der Waals surface area contributed by atoms with Crippen molar-refractivity contribution in [3.63, 3.8) is 0 Å². The third-order valence-corrected chi connectivity index (χ3v) is 4.64. The third-order valence-electron chi connectivity index (χ3n) is 3.93. The number of hydrogen-bond donors (Lipinski definition) is 1. The van der Waals surface area contributed by atoms with Gasteiger partial charge in [-0.2, -0.15) is 0 Å². The number of amides is 1. The highest BCUT2D eigenvalue weighted by atomic mass is 32.2. The molecule has 0 radical (unpaired) electrons. The lowest BCUT2D eigenvalue weighted by atomic mass is 10.0. The Morgan fingerprint density at radius 3 is 2.68 bits per heavy atom. The Morgan fingerprint density at radius 2 is 2.00 bits per heavy atom. The standard InChI is InChI=1S/C19H22N2O3S/c1-12-7-8-15(10-13(12)2)14(3)21-17(22)11-24-19(23)16-6-5-9-20-18(16)25-4/h5-10,14H,11H2,1-4H3,(H,21,22)/t14-/m0/s1. The molecule has 132 valence electrons. The van der Waals surface area contributed by atoms with Gasteiger partial charge in [-0.3, -0.25) is 4.79 Å². The molecular weight excluding hydrogens is 336 g/mol. The lowest BCUT2D eigenvalue weighted by molar-refractivity contribution is -0.124. The second-order valence-corrected chi connectivity index (χ2v) is 6.56. The maximum absolute atomic E-state index is 12.1. The van der Waals surface area contributed by atoms with Crippen LogP contribution < -0.4 is 5.32 Å². The topological polar surface area (TPSA) is 68.3 Å². The van der Waals surface area contributed by atoms with E-state index in [2.05, 4.69) is 10.3 Å². The number of ether oxygens (including phenoxy) is 1.